The van der Waals surface area contributed by atoms with Crippen LogP contribution in [0.5, 0.6) is 0 Å². The molecule has 28 heavy (non-hydrogen) atoms. The minimum atomic E-state index is -0.0363. The molecule has 0 spiro atoms. The summed E-state index contributed by atoms with van der Waals surface area (Å²) in [6.45, 7) is 3.06. The summed E-state index contributed by atoms with van der Waals surface area (Å²) in [6, 6.07) is 12.8. The van der Waals surface area contributed by atoms with Gasteiger partial charge < -0.3 is 9.88 Å². The minimum Gasteiger partial charge on any atom is -0.348 e. The average molecular weight is 375 g/mol. The molecule has 1 aromatic carbocycles. The third kappa shape index (κ3) is 3.29. The lowest BCUT2D eigenvalue weighted by molar-refractivity contribution is 0.0868. The number of carbonyl (C=O) groups is 1. The van der Waals surface area contributed by atoms with Crippen LogP contribution in [0.4, 0.5) is 0 Å². The number of piperidine rings is 1. The fourth-order valence-electron chi connectivity index (χ4n) is 4.68. The quantitative estimate of drug-likeness (QED) is 0.762. The smallest absolute Gasteiger partial charge is 0.253 e. The second kappa shape index (κ2) is 7.36. The number of benzene rings is 1. The monoisotopic (exact) mass is 375 g/mol. The van der Waals surface area contributed by atoms with Gasteiger partial charge in [0.1, 0.15) is 5.52 Å². The Bertz CT molecular complexity index is 983. The Morgan fingerprint density at radius 2 is 1.93 bits per heavy atom. The van der Waals surface area contributed by atoms with Crippen LogP contribution < -0.4 is 5.32 Å². The molecule has 0 radical (unpaired) electrons. The molecule has 6 heteroatoms. The molecule has 2 aromatic heterocycles. The molecule has 2 atom stereocenters. The highest BCUT2D eigenvalue weighted by Crippen LogP contribution is 2.27. The molecular formula is C22H25N5O. The number of amides is 1. The van der Waals surface area contributed by atoms with Gasteiger partial charge in [-0.15, -0.1) is 0 Å². The summed E-state index contributed by atoms with van der Waals surface area (Å²) in [7, 11) is 0. The number of fused-ring (bicyclic) bond motifs is 2. The van der Waals surface area contributed by atoms with E-state index in [4.69, 9.17) is 0 Å². The normalized spacial score (nSPS) is 22.3. The molecule has 2 fully saturated rings. The van der Waals surface area contributed by atoms with Crippen LogP contribution in [0, 0.1) is 0 Å². The maximum atomic E-state index is 12.8. The van der Waals surface area contributed by atoms with Crippen molar-refractivity contribution in [1.82, 2.24) is 24.8 Å². The number of imidazole rings is 1. The third-order valence-corrected chi connectivity index (χ3v) is 6.07. The van der Waals surface area contributed by atoms with Crippen molar-refractivity contribution in [3.8, 4) is 0 Å². The molecule has 2 saturated heterocycles. The average Bonchev–Trinajstić information content (AvgIpc) is 3.36. The van der Waals surface area contributed by atoms with Crippen LogP contribution >= 0.6 is 0 Å². The van der Waals surface area contributed by atoms with Crippen molar-refractivity contribution in [2.75, 3.05) is 13.1 Å². The lowest BCUT2D eigenvalue weighted by Gasteiger charge is -2.37. The lowest BCUT2D eigenvalue weighted by Crippen LogP contribution is -2.52. The Kier molecular flexibility index (Phi) is 4.56. The zero-order chi connectivity index (χ0) is 18.9. The second-order valence-corrected chi connectivity index (χ2v) is 7.89. The van der Waals surface area contributed by atoms with Gasteiger partial charge in [0, 0.05) is 18.3 Å². The maximum Gasteiger partial charge on any atom is 0.253 e. The summed E-state index contributed by atoms with van der Waals surface area (Å²) in [6.07, 6.45) is 8.12. The van der Waals surface area contributed by atoms with Crippen LogP contribution in [0.15, 0.2) is 48.9 Å². The number of rotatable bonds is 4. The number of nitrogens with zero attached hydrogens (tertiary/aromatic N) is 4. The molecule has 0 aliphatic carbocycles. The van der Waals surface area contributed by atoms with Crippen molar-refractivity contribution in [2.24, 2.45) is 0 Å². The molecule has 144 valence electrons. The summed E-state index contributed by atoms with van der Waals surface area (Å²) < 4.78 is 2.02. The summed E-state index contributed by atoms with van der Waals surface area (Å²) >= 11 is 0. The highest BCUT2D eigenvalue weighted by atomic mass is 16.1. The molecule has 0 bridgehead atoms. The van der Waals surface area contributed by atoms with Gasteiger partial charge in [-0.05, 0) is 50.4 Å². The molecule has 3 aromatic rings. The van der Waals surface area contributed by atoms with Crippen LogP contribution in [-0.4, -0.2) is 50.5 Å². The van der Waals surface area contributed by atoms with Crippen molar-refractivity contribution in [3.05, 3.63) is 60.0 Å². The minimum absolute atomic E-state index is 0.0363. The highest BCUT2D eigenvalue weighted by molar-refractivity contribution is 5.96. The third-order valence-electron chi connectivity index (χ3n) is 6.07. The van der Waals surface area contributed by atoms with Gasteiger partial charge in [-0.3, -0.25) is 9.69 Å². The van der Waals surface area contributed by atoms with Gasteiger partial charge in [0.2, 0.25) is 0 Å². The van der Waals surface area contributed by atoms with E-state index in [9.17, 15) is 4.79 Å². The predicted molar refractivity (Wildman–Crippen MR) is 108 cm³/mol. The first-order chi connectivity index (χ1) is 13.8. The number of carbonyl (C=O) groups excluding carboxylic acids is 1. The number of hydrogen-bond donors (Lipinski definition) is 1. The summed E-state index contributed by atoms with van der Waals surface area (Å²) in [4.78, 5) is 24.4. The predicted octanol–water partition coefficient (Wildman–Crippen LogP) is 2.84. The lowest BCUT2D eigenvalue weighted by atomic mass is 9.96. The van der Waals surface area contributed by atoms with E-state index >= 15 is 0 Å². The molecule has 6 nitrogen and oxygen atoms in total. The molecule has 4 heterocycles. The van der Waals surface area contributed by atoms with Crippen molar-refractivity contribution >= 4 is 17.1 Å². The molecule has 0 saturated carbocycles. The van der Waals surface area contributed by atoms with Gasteiger partial charge in [-0.2, -0.15) is 0 Å². The second-order valence-electron chi connectivity index (χ2n) is 7.89. The number of pyridine rings is 1. The van der Waals surface area contributed by atoms with Gasteiger partial charge in [0.05, 0.1) is 18.4 Å². The number of aromatic nitrogens is 3. The first-order valence-corrected chi connectivity index (χ1v) is 10.2. The van der Waals surface area contributed by atoms with E-state index in [0.717, 1.165) is 30.6 Å². The fourth-order valence-corrected chi connectivity index (χ4v) is 4.68. The van der Waals surface area contributed by atoms with E-state index in [1.165, 1.54) is 31.5 Å². The zero-order valence-corrected chi connectivity index (χ0v) is 15.9. The first kappa shape index (κ1) is 17.4. The van der Waals surface area contributed by atoms with Gasteiger partial charge in [0.15, 0.2) is 5.65 Å². The molecule has 1 N–H and O–H groups in total. The fraction of sp³-hybridized carbons (Fsp3) is 0.409. The van der Waals surface area contributed by atoms with Crippen LogP contribution in [0.25, 0.3) is 11.2 Å². The van der Waals surface area contributed by atoms with Crippen molar-refractivity contribution in [1.29, 1.82) is 0 Å². The van der Waals surface area contributed by atoms with Crippen LogP contribution in [-0.2, 0) is 6.54 Å². The highest BCUT2D eigenvalue weighted by Gasteiger charge is 2.35. The zero-order valence-electron chi connectivity index (χ0n) is 15.9. The van der Waals surface area contributed by atoms with Crippen molar-refractivity contribution < 1.29 is 4.79 Å². The largest absolute Gasteiger partial charge is 0.348 e. The van der Waals surface area contributed by atoms with Crippen molar-refractivity contribution in [2.45, 2.75) is 44.3 Å². The van der Waals surface area contributed by atoms with E-state index in [2.05, 4.69) is 32.3 Å². The summed E-state index contributed by atoms with van der Waals surface area (Å²) in [5, 5.41) is 3.26. The van der Waals surface area contributed by atoms with Crippen LogP contribution in [0.3, 0.4) is 0 Å². The first-order valence-electron chi connectivity index (χ1n) is 10.2. The Hall–Kier alpha value is -2.73. The summed E-state index contributed by atoms with van der Waals surface area (Å²) in [5.74, 6) is -0.0363. The van der Waals surface area contributed by atoms with Gasteiger partial charge in [0.25, 0.3) is 5.91 Å². The van der Waals surface area contributed by atoms with Crippen molar-refractivity contribution in [3.63, 3.8) is 0 Å². The molecule has 5 rings (SSSR count). The van der Waals surface area contributed by atoms with Gasteiger partial charge >= 0.3 is 0 Å². The van der Waals surface area contributed by atoms with E-state index in [-0.39, 0.29) is 11.9 Å². The molecule has 0 unspecified atom stereocenters. The van der Waals surface area contributed by atoms with Gasteiger partial charge in [-0.1, -0.05) is 30.3 Å². The number of hydrogen-bond acceptors (Lipinski definition) is 4. The van der Waals surface area contributed by atoms with Crippen LogP contribution in [0.1, 0.15) is 41.6 Å². The van der Waals surface area contributed by atoms with Crippen LogP contribution in [0.2, 0.25) is 0 Å². The maximum absolute atomic E-state index is 12.8. The molecule has 2 aliphatic heterocycles. The van der Waals surface area contributed by atoms with E-state index in [0.29, 0.717) is 11.6 Å². The standard InChI is InChI=1S/C22H25N5O/c28-22(25-18-8-4-10-26-11-5-9-20(18)26)17-12-19-21(23-13-17)27(15-24-19)14-16-6-2-1-3-7-16/h1-3,6-7,12-13,15,18,20H,4-5,8-11,14H2,(H,25,28)/t18-,20-/m0/s1. The van der Waals surface area contributed by atoms with E-state index < -0.39 is 0 Å². The number of nitrogens with one attached hydrogen (secondary N) is 1. The Morgan fingerprint density at radius 3 is 2.79 bits per heavy atom. The Labute approximate surface area is 164 Å². The SMILES string of the molecule is O=C(N[C@H]1CCCN2CCC[C@@H]12)c1cnc2c(c1)ncn2Cc1ccccc1. The van der Waals surface area contributed by atoms with E-state index in [1.54, 1.807) is 12.5 Å². The Morgan fingerprint density at radius 1 is 1.11 bits per heavy atom. The topological polar surface area (TPSA) is 63.1 Å². The molecular weight excluding hydrogens is 350 g/mol. The molecule has 2 aliphatic rings. The van der Waals surface area contributed by atoms with E-state index in [1.807, 2.05) is 28.8 Å². The molecule has 1 amide bonds. The van der Waals surface area contributed by atoms with Gasteiger partial charge in [-0.25, -0.2) is 9.97 Å². The Balaban J connectivity index is 1.33. The summed E-state index contributed by atoms with van der Waals surface area (Å²) in [5.41, 5.74) is 3.35.